The van der Waals surface area contributed by atoms with E-state index in [1.165, 1.54) is 11.3 Å². The van der Waals surface area contributed by atoms with Crippen LogP contribution in [0.25, 0.3) is 11.3 Å². The van der Waals surface area contributed by atoms with Crippen molar-refractivity contribution in [2.24, 2.45) is 0 Å². The van der Waals surface area contributed by atoms with Gasteiger partial charge in [0.25, 0.3) is 10.0 Å². The number of hydrogen-bond donors (Lipinski definition) is 1. The highest BCUT2D eigenvalue weighted by atomic mass is 32.2. The predicted molar refractivity (Wildman–Crippen MR) is 95.9 cm³/mol. The van der Waals surface area contributed by atoms with E-state index in [0.717, 1.165) is 22.6 Å². The molecule has 0 aliphatic rings. The second kappa shape index (κ2) is 6.48. The lowest BCUT2D eigenvalue weighted by molar-refractivity contribution is 0.426. The van der Waals surface area contributed by atoms with Gasteiger partial charge in [0.2, 0.25) is 0 Å². The molecule has 138 valence electrons. The molecule has 5 nitrogen and oxygen atoms in total. The number of sulfonamides is 1. The first-order chi connectivity index (χ1) is 12.1. The van der Waals surface area contributed by atoms with Gasteiger partial charge in [-0.1, -0.05) is 5.16 Å². The molecule has 9 heteroatoms. The summed E-state index contributed by atoms with van der Waals surface area (Å²) < 4.78 is 60.4. The monoisotopic (exact) mass is 398 g/mol. The number of nitrogens with one attached hydrogen (secondary N) is 1. The van der Waals surface area contributed by atoms with Gasteiger partial charge in [-0.15, -0.1) is 11.3 Å². The molecule has 26 heavy (non-hydrogen) atoms. The lowest BCUT2D eigenvalue weighted by atomic mass is 10.1. The minimum absolute atomic E-state index is 0.00275. The Morgan fingerprint density at radius 3 is 2.38 bits per heavy atom. The third kappa shape index (κ3) is 3.12. The molecule has 2 aromatic heterocycles. The standard InChI is InChI=1S/C17H16F2N2O3S2/c1-8-9(2)20-24-16(8)15-10(3)25-11(4)17(15)26(22,23)21-14-6-5-12(18)7-13(14)19/h5-7,21H,1-4H3. The Balaban J connectivity index is 2.15. The zero-order chi connectivity index (χ0) is 19.2. The maximum absolute atomic E-state index is 13.9. The molecular formula is C17H16F2N2O3S2. The predicted octanol–water partition coefficient (Wildman–Crippen LogP) is 4.72. The molecule has 3 rings (SSSR count). The van der Waals surface area contributed by atoms with Gasteiger partial charge in [-0.2, -0.15) is 0 Å². The van der Waals surface area contributed by atoms with Gasteiger partial charge < -0.3 is 4.52 Å². The minimum atomic E-state index is -4.13. The third-order valence-electron chi connectivity index (χ3n) is 4.03. The van der Waals surface area contributed by atoms with Crippen LogP contribution in [0.1, 0.15) is 21.0 Å². The summed E-state index contributed by atoms with van der Waals surface area (Å²) in [6.07, 6.45) is 0. The number of aryl methyl sites for hydroxylation is 3. The molecule has 0 atom stereocenters. The van der Waals surface area contributed by atoms with Crippen molar-refractivity contribution in [3.63, 3.8) is 0 Å². The van der Waals surface area contributed by atoms with Gasteiger partial charge in [-0.05, 0) is 39.8 Å². The van der Waals surface area contributed by atoms with E-state index in [1.54, 1.807) is 27.7 Å². The maximum Gasteiger partial charge on any atom is 0.263 e. The van der Waals surface area contributed by atoms with E-state index in [1.807, 2.05) is 0 Å². The molecule has 0 amide bonds. The first-order valence-electron chi connectivity index (χ1n) is 7.63. The molecule has 0 aliphatic carbocycles. The number of benzene rings is 1. The third-order valence-corrected chi connectivity index (χ3v) is 6.72. The van der Waals surface area contributed by atoms with Gasteiger partial charge in [-0.3, -0.25) is 4.72 Å². The average Bonchev–Trinajstić information content (AvgIpc) is 3.02. The number of rotatable bonds is 4. The summed E-state index contributed by atoms with van der Waals surface area (Å²) in [5.41, 5.74) is 1.46. The van der Waals surface area contributed by atoms with Crippen molar-refractivity contribution in [1.29, 1.82) is 0 Å². The average molecular weight is 398 g/mol. The Morgan fingerprint density at radius 2 is 1.81 bits per heavy atom. The van der Waals surface area contributed by atoms with Crippen LogP contribution in [0.4, 0.5) is 14.5 Å². The van der Waals surface area contributed by atoms with E-state index in [2.05, 4.69) is 9.88 Å². The summed E-state index contributed by atoms with van der Waals surface area (Å²) >= 11 is 1.29. The summed E-state index contributed by atoms with van der Waals surface area (Å²) in [6, 6.07) is 2.65. The highest BCUT2D eigenvalue weighted by Crippen LogP contribution is 2.41. The van der Waals surface area contributed by atoms with Crippen molar-refractivity contribution < 1.29 is 21.7 Å². The van der Waals surface area contributed by atoms with E-state index in [9.17, 15) is 17.2 Å². The molecule has 0 fully saturated rings. The zero-order valence-corrected chi connectivity index (χ0v) is 16.1. The molecule has 1 N–H and O–H groups in total. The molecule has 0 aliphatic heterocycles. The SMILES string of the molecule is Cc1noc(-c2c(C)sc(C)c2S(=O)(=O)Nc2ccc(F)cc2F)c1C. The van der Waals surface area contributed by atoms with Crippen LogP contribution >= 0.6 is 11.3 Å². The van der Waals surface area contributed by atoms with Crippen molar-refractivity contribution in [2.75, 3.05) is 4.72 Å². The fourth-order valence-corrected chi connectivity index (χ4v) is 5.59. The quantitative estimate of drug-likeness (QED) is 0.690. The summed E-state index contributed by atoms with van der Waals surface area (Å²) in [5.74, 6) is -1.42. The lowest BCUT2D eigenvalue weighted by Crippen LogP contribution is -2.15. The van der Waals surface area contributed by atoms with Crippen molar-refractivity contribution in [3.05, 3.63) is 50.8 Å². The van der Waals surface area contributed by atoms with E-state index in [0.29, 0.717) is 28.0 Å². The summed E-state index contributed by atoms with van der Waals surface area (Å²) in [7, 11) is -4.13. The molecule has 3 aromatic rings. The lowest BCUT2D eigenvalue weighted by Gasteiger charge is -2.11. The molecule has 0 unspecified atom stereocenters. The highest BCUT2D eigenvalue weighted by molar-refractivity contribution is 7.93. The molecule has 1 aromatic carbocycles. The van der Waals surface area contributed by atoms with E-state index >= 15 is 0 Å². The Bertz CT molecular complexity index is 1100. The number of aromatic nitrogens is 1. The van der Waals surface area contributed by atoms with Gasteiger partial charge in [-0.25, -0.2) is 17.2 Å². The topological polar surface area (TPSA) is 72.2 Å². The molecule has 0 saturated heterocycles. The van der Waals surface area contributed by atoms with Gasteiger partial charge in [0.05, 0.1) is 16.9 Å². The van der Waals surface area contributed by atoms with Crippen LogP contribution in [0.3, 0.4) is 0 Å². The van der Waals surface area contributed by atoms with Crippen LogP contribution in [0.15, 0.2) is 27.6 Å². The van der Waals surface area contributed by atoms with Crippen molar-refractivity contribution in [3.8, 4) is 11.3 Å². The van der Waals surface area contributed by atoms with E-state index in [4.69, 9.17) is 4.52 Å². The van der Waals surface area contributed by atoms with E-state index in [-0.39, 0.29) is 10.6 Å². The van der Waals surface area contributed by atoms with E-state index < -0.39 is 21.7 Å². The normalized spacial score (nSPS) is 11.8. The largest absolute Gasteiger partial charge is 0.356 e. The van der Waals surface area contributed by atoms with Gasteiger partial charge >= 0.3 is 0 Å². The fraction of sp³-hybridized carbons (Fsp3) is 0.235. The summed E-state index contributed by atoms with van der Waals surface area (Å²) in [6.45, 7) is 6.99. The first kappa shape index (κ1) is 18.5. The minimum Gasteiger partial charge on any atom is -0.356 e. The second-order valence-electron chi connectivity index (χ2n) is 5.87. The van der Waals surface area contributed by atoms with Crippen molar-refractivity contribution in [2.45, 2.75) is 32.6 Å². The van der Waals surface area contributed by atoms with Gasteiger partial charge in [0.1, 0.15) is 16.5 Å². The van der Waals surface area contributed by atoms with Crippen LogP contribution in [0, 0.1) is 39.3 Å². The fourth-order valence-electron chi connectivity index (χ4n) is 2.67. The molecular weight excluding hydrogens is 382 g/mol. The first-order valence-corrected chi connectivity index (χ1v) is 9.93. The van der Waals surface area contributed by atoms with Crippen LogP contribution in [0.5, 0.6) is 0 Å². The summed E-state index contributed by atoms with van der Waals surface area (Å²) in [5, 5.41) is 3.89. The summed E-state index contributed by atoms with van der Waals surface area (Å²) in [4.78, 5) is 1.27. The number of anilines is 1. The van der Waals surface area contributed by atoms with Crippen LogP contribution < -0.4 is 4.72 Å². The zero-order valence-electron chi connectivity index (χ0n) is 14.5. The number of thiophene rings is 1. The van der Waals surface area contributed by atoms with Gasteiger partial charge in [0, 0.05) is 21.4 Å². The molecule has 0 bridgehead atoms. The second-order valence-corrected chi connectivity index (χ2v) is 8.92. The number of halogens is 2. The maximum atomic E-state index is 13.9. The van der Waals surface area contributed by atoms with Crippen LogP contribution in [0.2, 0.25) is 0 Å². The van der Waals surface area contributed by atoms with Crippen molar-refractivity contribution in [1.82, 2.24) is 5.16 Å². The molecule has 0 spiro atoms. The Kier molecular flexibility index (Phi) is 4.61. The number of hydrogen-bond acceptors (Lipinski definition) is 5. The van der Waals surface area contributed by atoms with Gasteiger partial charge in [0.15, 0.2) is 5.76 Å². The Morgan fingerprint density at radius 1 is 1.12 bits per heavy atom. The van der Waals surface area contributed by atoms with Crippen LogP contribution in [-0.2, 0) is 10.0 Å². The molecule has 0 saturated carbocycles. The molecule has 2 heterocycles. The smallest absolute Gasteiger partial charge is 0.263 e. The number of nitrogens with zero attached hydrogens (tertiary/aromatic N) is 1. The highest BCUT2D eigenvalue weighted by Gasteiger charge is 2.30. The van der Waals surface area contributed by atoms with Crippen molar-refractivity contribution >= 4 is 27.0 Å². The Labute approximate surface area is 153 Å². The molecule has 0 radical (unpaired) electrons. The Hall–Kier alpha value is -2.26. The van der Waals surface area contributed by atoms with Crippen LogP contribution in [-0.4, -0.2) is 13.6 Å².